The molecule has 0 aliphatic rings. The summed E-state index contributed by atoms with van der Waals surface area (Å²) in [6.07, 6.45) is 12.6. The van der Waals surface area contributed by atoms with Crippen LogP contribution in [0.15, 0.2) is 0 Å². The minimum absolute atomic E-state index is 0.591. The van der Waals surface area contributed by atoms with Crippen molar-refractivity contribution in [1.29, 1.82) is 0 Å². The van der Waals surface area contributed by atoms with Gasteiger partial charge in [0.2, 0.25) is 0 Å². The molecule has 0 aromatic carbocycles. The molecule has 0 aliphatic carbocycles. The summed E-state index contributed by atoms with van der Waals surface area (Å²) in [5.41, 5.74) is 0.591. The Kier molecular flexibility index (Phi) is 10.7. The van der Waals surface area contributed by atoms with E-state index in [4.69, 9.17) is 0 Å². The van der Waals surface area contributed by atoms with Gasteiger partial charge in [-0.3, -0.25) is 0 Å². The summed E-state index contributed by atoms with van der Waals surface area (Å²) in [6, 6.07) is 0. The molecule has 0 rings (SSSR count). The lowest BCUT2D eigenvalue weighted by Crippen LogP contribution is -2.37. The van der Waals surface area contributed by atoms with Gasteiger partial charge in [-0.1, -0.05) is 93.4 Å². The molecule has 0 heteroatoms. The Labute approximate surface area is 130 Å². The number of unbranched alkanes of at least 4 members (excludes halogenated alkanes) is 3. The fourth-order valence-electron chi connectivity index (χ4n) is 4.15. The molecule has 0 N–H and O–H groups in total. The number of hydrogen-bond donors (Lipinski definition) is 0. The zero-order chi connectivity index (χ0) is 15.6. The zero-order valence-corrected chi connectivity index (χ0v) is 15.6. The summed E-state index contributed by atoms with van der Waals surface area (Å²) in [5, 5.41) is 0. The van der Waals surface area contributed by atoms with Gasteiger partial charge in [-0.05, 0) is 36.0 Å². The summed E-state index contributed by atoms with van der Waals surface area (Å²) < 4.78 is 0. The zero-order valence-electron chi connectivity index (χ0n) is 15.6. The van der Waals surface area contributed by atoms with E-state index in [1.165, 1.54) is 57.8 Å². The molecule has 0 saturated heterocycles. The van der Waals surface area contributed by atoms with E-state index in [2.05, 4.69) is 48.5 Å². The van der Waals surface area contributed by atoms with Gasteiger partial charge in [-0.2, -0.15) is 0 Å². The van der Waals surface area contributed by atoms with Crippen molar-refractivity contribution in [2.45, 2.75) is 106 Å². The standard InChI is InChI=1S/C20H42/c1-8-11-13-15-20(16-17(4)5,18(6)10-3)19(7)14-12-9-2/h17-19H,8-16H2,1-7H3. The molecule has 20 heavy (non-hydrogen) atoms. The molecule has 0 aliphatic heterocycles. The molecule has 0 aromatic rings. The Morgan fingerprint density at radius 2 is 1.35 bits per heavy atom. The number of rotatable bonds is 12. The summed E-state index contributed by atoms with van der Waals surface area (Å²) >= 11 is 0. The van der Waals surface area contributed by atoms with Crippen molar-refractivity contribution in [3.05, 3.63) is 0 Å². The minimum atomic E-state index is 0.591. The quantitative estimate of drug-likeness (QED) is 0.326. The van der Waals surface area contributed by atoms with E-state index in [9.17, 15) is 0 Å². The van der Waals surface area contributed by atoms with Crippen molar-refractivity contribution in [3.8, 4) is 0 Å². The van der Waals surface area contributed by atoms with Gasteiger partial charge in [0.1, 0.15) is 0 Å². The predicted molar refractivity (Wildman–Crippen MR) is 94.2 cm³/mol. The first-order valence-electron chi connectivity index (χ1n) is 9.44. The van der Waals surface area contributed by atoms with Crippen molar-refractivity contribution < 1.29 is 0 Å². The fourth-order valence-corrected chi connectivity index (χ4v) is 4.15. The summed E-state index contributed by atoms with van der Waals surface area (Å²) in [6.45, 7) is 17.0. The van der Waals surface area contributed by atoms with Gasteiger partial charge < -0.3 is 0 Å². The molecule has 0 fully saturated rings. The smallest absolute Gasteiger partial charge is 0.0244 e. The first-order chi connectivity index (χ1) is 9.44. The maximum absolute atomic E-state index is 2.55. The largest absolute Gasteiger partial charge is 0.0654 e. The Balaban J connectivity index is 5.06. The minimum Gasteiger partial charge on any atom is -0.0654 e. The van der Waals surface area contributed by atoms with Crippen LogP contribution in [0.25, 0.3) is 0 Å². The van der Waals surface area contributed by atoms with Gasteiger partial charge in [0.05, 0.1) is 0 Å². The third-order valence-electron chi connectivity index (χ3n) is 5.60. The highest BCUT2D eigenvalue weighted by atomic mass is 14.4. The highest BCUT2D eigenvalue weighted by Gasteiger charge is 2.39. The Bertz CT molecular complexity index is 218. The first-order valence-corrected chi connectivity index (χ1v) is 9.44. The maximum atomic E-state index is 2.55. The van der Waals surface area contributed by atoms with E-state index in [0.717, 1.165) is 17.8 Å². The van der Waals surface area contributed by atoms with Crippen LogP contribution >= 0.6 is 0 Å². The van der Waals surface area contributed by atoms with Gasteiger partial charge >= 0.3 is 0 Å². The molecule has 3 atom stereocenters. The monoisotopic (exact) mass is 282 g/mol. The van der Waals surface area contributed by atoms with Crippen molar-refractivity contribution in [1.82, 2.24) is 0 Å². The third-order valence-corrected chi connectivity index (χ3v) is 5.60. The van der Waals surface area contributed by atoms with E-state index < -0.39 is 0 Å². The lowest BCUT2D eigenvalue weighted by atomic mass is 9.59. The predicted octanol–water partition coefficient (Wildman–Crippen LogP) is 7.47. The summed E-state index contributed by atoms with van der Waals surface area (Å²) in [4.78, 5) is 0. The molecule has 0 bridgehead atoms. The summed E-state index contributed by atoms with van der Waals surface area (Å²) in [7, 11) is 0. The van der Waals surface area contributed by atoms with E-state index in [-0.39, 0.29) is 0 Å². The second kappa shape index (κ2) is 10.7. The van der Waals surface area contributed by atoms with Crippen LogP contribution in [0.2, 0.25) is 0 Å². The molecular formula is C20H42. The fraction of sp³-hybridized carbons (Fsp3) is 1.00. The highest BCUT2D eigenvalue weighted by molar-refractivity contribution is 4.89. The SMILES string of the molecule is CCCCCC(CC(C)C)(C(C)CC)C(C)CCCC. The number of hydrogen-bond acceptors (Lipinski definition) is 0. The van der Waals surface area contributed by atoms with Crippen molar-refractivity contribution in [2.24, 2.45) is 23.2 Å². The van der Waals surface area contributed by atoms with Crippen LogP contribution in [-0.2, 0) is 0 Å². The normalized spacial score (nSPS) is 18.0. The van der Waals surface area contributed by atoms with Crippen LogP contribution in [0.3, 0.4) is 0 Å². The van der Waals surface area contributed by atoms with Crippen LogP contribution in [0.5, 0.6) is 0 Å². The average molecular weight is 283 g/mol. The maximum Gasteiger partial charge on any atom is -0.0244 e. The van der Waals surface area contributed by atoms with Gasteiger partial charge in [-0.25, -0.2) is 0 Å². The van der Waals surface area contributed by atoms with Crippen molar-refractivity contribution in [2.75, 3.05) is 0 Å². The van der Waals surface area contributed by atoms with E-state index in [1.54, 1.807) is 0 Å². The topological polar surface area (TPSA) is 0 Å². The molecular weight excluding hydrogens is 240 g/mol. The average Bonchev–Trinajstić information content (AvgIpc) is 2.42. The van der Waals surface area contributed by atoms with E-state index >= 15 is 0 Å². The molecule has 3 unspecified atom stereocenters. The Morgan fingerprint density at radius 1 is 0.750 bits per heavy atom. The molecule has 0 saturated carbocycles. The third kappa shape index (κ3) is 6.19. The molecule has 122 valence electrons. The van der Waals surface area contributed by atoms with Crippen LogP contribution in [0.4, 0.5) is 0 Å². The molecule has 0 aromatic heterocycles. The molecule has 0 nitrogen and oxygen atoms in total. The van der Waals surface area contributed by atoms with Crippen LogP contribution in [0.1, 0.15) is 106 Å². The van der Waals surface area contributed by atoms with Crippen LogP contribution in [-0.4, -0.2) is 0 Å². The van der Waals surface area contributed by atoms with Crippen molar-refractivity contribution >= 4 is 0 Å². The molecule has 0 amide bonds. The van der Waals surface area contributed by atoms with Crippen LogP contribution < -0.4 is 0 Å². The van der Waals surface area contributed by atoms with E-state index in [1.807, 2.05) is 0 Å². The molecule has 0 heterocycles. The van der Waals surface area contributed by atoms with Gasteiger partial charge in [-0.15, -0.1) is 0 Å². The molecule has 0 spiro atoms. The lowest BCUT2D eigenvalue weighted by molar-refractivity contribution is 0.0384. The second-order valence-corrected chi connectivity index (χ2v) is 7.64. The molecule has 0 radical (unpaired) electrons. The second-order valence-electron chi connectivity index (χ2n) is 7.64. The van der Waals surface area contributed by atoms with E-state index in [0.29, 0.717) is 5.41 Å². The Hall–Kier alpha value is 0. The summed E-state index contributed by atoms with van der Waals surface area (Å²) in [5.74, 6) is 2.58. The van der Waals surface area contributed by atoms with Gasteiger partial charge in [0, 0.05) is 0 Å². The van der Waals surface area contributed by atoms with Gasteiger partial charge in [0.15, 0.2) is 0 Å². The van der Waals surface area contributed by atoms with Crippen LogP contribution in [0, 0.1) is 23.2 Å². The highest BCUT2D eigenvalue weighted by Crippen LogP contribution is 2.49. The van der Waals surface area contributed by atoms with Gasteiger partial charge in [0.25, 0.3) is 0 Å². The lowest BCUT2D eigenvalue weighted by Gasteiger charge is -2.46. The Morgan fingerprint density at radius 3 is 1.80 bits per heavy atom. The first kappa shape index (κ1) is 20.0. The van der Waals surface area contributed by atoms with Crippen molar-refractivity contribution in [3.63, 3.8) is 0 Å².